The van der Waals surface area contributed by atoms with Crippen LogP contribution < -0.4 is 5.32 Å². The number of hydrogen-bond acceptors (Lipinski definition) is 2. The molecular weight excluding hydrogens is 334 g/mol. The van der Waals surface area contributed by atoms with E-state index in [0.29, 0.717) is 24.2 Å². The van der Waals surface area contributed by atoms with Gasteiger partial charge in [-0.15, -0.1) is 12.4 Å². The summed E-state index contributed by atoms with van der Waals surface area (Å²) in [6, 6.07) is 10.5. The van der Waals surface area contributed by atoms with Crippen molar-refractivity contribution in [1.82, 2.24) is 10.2 Å². The van der Waals surface area contributed by atoms with E-state index in [0.717, 1.165) is 6.54 Å². The average Bonchev–Trinajstić information content (AvgIpc) is 2.54. The predicted octanol–water partition coefficient (Wildman–Crippen LogP) is 3.49. The van der Waals surface area contributed by atoms with Gasteiger partial charge in [-0.3, -0.25) is 4.79 Å². The van der Waals surface area contributed by atoms with E-state index >= 15 is 0 Å². The molecule has 0 bridgehead atoms. The van der Waals surface area contributed by atoms with Crippen LogP contribution in [0.5, 0.6) is 0 Å². The Bertz CT molecular complexity index is 718. The first kappa shape index (κ1) is 18.4. The molecule has 1 heterocycles. The molecule has 1 N–H and O–H groups in total. The van der Waals surface area contributed by atoms with Crippen molar-refractivity contribution >= 4 is 18.3 Å². The number of nitrogens with one attached hydrogen (secondary N) is 1. The van der Waals surface area contributed by atoms with Crippen molar-refractivity contribution in [3.05, 3.63) is 59.7 Å². The van der Waals surface area contributed by atoms with E-state index in [1.165, 1.54) is 18.2 Å². The molecule has 1 atom stereocenters. The molecule has 0 unspecified atom stereocenters. The molecule has 24 heavy (non-hydrogen) atoms. The zero-order valence-corrected chi connectivity index (χ0v) is 14.1. The highest BCUT2D eigenvalue weighted by molar-refractivity contribution is 5.95. The second kappa shape index (κ2) is 7.73. The SMILES string of the molecule is C[C@@H]1CN(C(=O)c2cccc(-c3c(F)cccc3F)c2)CCN1.Cl. The van der Waals surface area contributed by atoms with Gasteiger partial charge in [0.15, 0.2) is 0 Å². The van der Waals surface area contributed by atoms with E-state index in [1.54, 1.807) is 29.2 Å². The van der Waals surface area contributed by atoms with Crippen LogP contribution in [0.25, 0.3) is 11.1 Å². The predicted molar refractivity (Wildman–Crippen MR) is 92.4 cm³/mol. The fraction of sp³-hybridized carbons (Fsp3) is 0.278. The summed E-state index contributed by atoms with van der Waals surface area (Å²) in [5.41, 5.74) is 0.713. The standard InChI is InChI=1S/C18H18F2N2O.ClH/c1-12-11-22(9-8-21-12)18(23)14-5-2-4-13(10-14)17-15(19)6-3-7-16(17)20;/h2-7,10,12,21H,8-9,11H2,1H3;1H/t12-;/m1./s1. The molecule has 0 aliphatic carbocycles. The topological polar surface area (TPSA) is 32.3 Å². The molecule has 0 saturated carbocycles. The molecule has 2 aromatic rings. The van der Waals surface area contributed by atoms with Crippen LogP contribution in [0.2, 0.25) is 0 Å². The summed E-state index contributed by atoms with van der Waals surface area (Å²) < 4.78 is 27.9. The van der Waals surface area contributed by atoms with Gasteiger partial charge < -0.3 is 10.2 Å². The lowest BCUT2D eigenvalue weighted by atomic mass is 10.0. The number of benzene rings is 2. The molecule has 128 valence electrons. The Hall–Kier alpha value is -1.98. The smallest absolute Gasteiger partial charge is 0.253 e. The highest BCUT2D eigenvalue weighted by Crippen LogP contribution is 2.27. The van der Waals surface area contributed by atoms with Crippen molar-refractivity contribution in [3.8, 4) is 11.1 Å². The Morgan fingerprint density at radius 1 is 1.17 bits per heavy atom. The fourth-order valence-electron chi connectivity index (χ4n) is 2.88. The summed E-state index contributed by atoms with van der Waals surface area (Å²) in [5, 5.41) is 3.28. The Kier molecular flexibility index (Phi) is 5.91. The average molecular weight is 353 g/mol. The zero-order valence-electron chi connectivity index (χ0n) is 13.3. The minimum absolute atomic E-state index is 0. The Balaban J connectivity index is 0.00000208. The number of rotatable bonds is 2. The number of halogens is 3. The van der Waals surface area contributed by atoms with Gasteiger partial charge in [0.2, 0.25) is 0 Å². The van der Waals surface area contributed by atoms with E-state index in [9.17, 15) is 13.6 Å². The lowest BCUT2D eigenvalue weighted by molar-refractivity contribution is 0.0709. The lowest BCUT2D eigenvalue weighted by Gasteiger charge is -2.32. The van der Waals surface area contributed by atoms with E-state index in [-0.39, 0.29) is 29.9 Å². The van der Waals surface area contributed by atoms with Crippen molar-refractivity contribution in [1.29, 1.82) is 0 Å². The molecule has 0 radical (unpaired) electrons. The molecular formula is C18H19ClF2N2O. The molecule has 0 spiro atoms. The van der Waals surface area contributed by atoms with Crippen molar-refractivity contribution in [2.75, 3.05) is 19.6 Å². The maximum atomic E-state index is 13.9. The first-order valence-corrected chi connectivity index (χ1v) is 7.63. The number of carbonyl (C=O) groups is 1. The van der Waals surface area contributed by atoms with Crippen molar-refractivity contribution < 1.29 is 13.6 Å². The number of amides is 1. The molecule has 2 aromatic carbocycles. The summed E-state index contributed by atoms with van der Waals surface area (Å²) in [5.74, 6) is -1.38. The third-order valence-electron chi connectivity index (χ3n) is 4.02. The summed E-state index contributed by atoms with van der Waals surface area (Å²) >= 11 is 0. The van der Waals surface area contributed by atoms with Crippen molar-refractivity contribution in [3.63, 3.8) is 0 Å². The summed E-state index contributed by atoms with van der Waals surface area (Å²) in [6.45, 7) is 4.01. The van der Waals surface area contributed by atoms with Crippen molar-refractivity contribution in [2.45, 2.75) is 13.0 Å². The van der Waals surface area contributed by atoms with Gasteiger partial charge in [-0.2, -0.15) is 0 Å². The molecule has 6 heteroatoms. The zero-order chi connectivity index (χ0) is 16.4. The monoisotopic (exact) mass is 352 g/mol. The van der Waals surface area contributed by atoms with E-state index in [1.807, 2.05) is 6.92 Å². The first-order valence-electron chi connectivity index (χ1n) is 7.63. The summed E-state index contributed by atoms with van der Waals surface area (Å²) in [7, 11) is 0. The highest BCUT2D eigenvalue weighted by Gasteiger charge is 2.22. The number of hydrogen-bond donors (Lipinski definition) is 1. The van der Waals surface area contributed by atoms with Gasteiger partial charge in [0.05, 0.1) is 5.56 Å². The maximum absolute atomic E-state index is 13.9. The third-order valence-corrected chi connectivity index (χ3v) is 4.02. The Morgan fingerprint density at radius 2 is 1.83 bits per heavy atom. The third kappa shape index (κ3) is 3.74. The van der Waals surface area contributed by atoms with Gasteiger partial charge in [0, 0.05) is 31.2 Å². The fourth-order valence-corrected chi connectivity index (χ4v) is 2.88. The van der Waals surface area contributed by atoms with Crippen LogP contribution in [0.1, 0.15) is 17.3 Å². The van der Waals surface area contributed by atoms with Crippen LogP contribution in [0.15, 0.2) is 42.5 Å². The molecule has 1 aliphatic heterocycles. The normalized spacial score (nSPS) is 17.3. The van der Waals surface area contributed by atoms with Crippen LogP contribution in [0.4, 0.5) is 8.78 Å². The van der Waals surface area contributed by atoms with E-state index < -0.39 is 11.6 Å². The van der Waals surface area contributed by atoms with Gasteiger partial charge in [-0.1, -0.05) is 18.2 Å². The Labute approximate surface area is 146 Å². The minimum atomic E-state index is -0.634. The van der Waals surface area contributed by atoms with Crippen molar-refractivity contribution in [2.24, 2.45) is 0 Å². The van der Waals surface area contributed by atoms with Gasteiger partial charge >= 0.3 is 0 Å². The van der Waals surface area contributed by atoms with Crippen LogP contribution in [0.3, 0.4) is 0 Å². The van der Waals surface area contributed by atoms with Crippen LogP contribution in [-0.4, -0.2) is 36.5 Å². The summed E-state index contributed by atoms with van der Waals surface area (Å²) in [4.78, 5) is 14.4. The van der Waals surface area contributed by atoms with Gasteiger partial charge in [0.25, 0.3) is 5.91 Å². The molecule has 3 nitrogen and oxygen atoms in total. The minimum Gasteiger partial charge on any atom is -0.336 e. The molecule has 1 amide bonds. The second-order valence-corrected chi connectivity index (χ2v) is 5.78. The number of nitrogens with zero attached hydrogens (tertiary/aromatic N) is 1. The highest BCUT2D eigenvalue weighted by atomic mass is 35.5. The number of piperazine rings is 1. The first-order chi connectivity index (χ1) is 11.1. The maximum Gasteiger partial charge on any atom is 0.253 e. The molecule has 3 rings (SSSR count). The van der Waals surface area contributed by atoms with Crippen LogP contribution in [-0.2, 0) is 0 Å². The van der Waals surface area contributed by atoms with Gasteiger partial charge in [-0.05, 0) is 36.8 Å². The van der Waals surface area contributed by atoms with Gasteiger partial charge in [0.1, 0.15) is 11.6 Å². The van der Waals surface area contributed by atoms with Crippen LogP contribution in [0, 0.1) is 11.6 Å². The van der Waals surface area contributed by atoms with E-state index in [2.05, 4.69) is 5.32 Å². The second-order valence-electron chi connectivity index (χ2n) is 5.78. The lowest BCUT2D eigenvalue weighted by Crippen LogP contribution is -2.51. The van der Waals surface area contributed by atoms with Gasteiger partial charge in [-0.25, -0.2) is 8.78 Å². The Morgan fingerprint density at radius 3 is 2.50 bits per heavy atom. The molecule has 0 aromatic heterocycles. The largest absolute Gasteiger partial charge is 0.336 e. The quantitative estimate of drug-likeness (QED) is 0.897. The van der Waals surface area contributed by atoms with E-state index in [4.69, 9.17) is 0 Å². The molecule has 1 aliphatic rings. The molecule has 1 fully saturated rings. The molecule has 1 saturated heterocycles. The van der Waals surface area contributed by atoms with Crippen LogP contribution >= 0.6 is 12.4 Å². The summed E-state index contributed by atoms with van der Waals surface area (Å²) in [6.07, 6.45) is 0. The number of carbonyl (C=O) groups excluding carboxylic acids is 1.